The third-order valence-electron chi connectivity index (χ3n) is 4.06. The normalized spacial score (nSPS) is 23.7. The van der Waals surface area contributed by atoms with E-state index in [0.29, 0.717) is 18.2 Å². The Hall–Kier alpha value is -1.29. The third-order valence-corrected chi connectivity index (χ3v) is 4.06. The van der Waals surface area contributed by atoms with E-state index in [9.17, 15) is 4.79 Å². The molecule has 1 aliphatic heterocycles. The van der Waals surface area contributed by atoms with Gasteiger partial charge in [-0.25, -0.2) is 0 Å². The first-order valence-electron chi connectivity index (χ1n) is 7.17. The van der Waals surface area contributed by atoms with E-state index in [-0.39, 0.29) is 11.9 Å². The summed E-state index contributed by atoms with van der Waals surface area (Å²) < 4.78 is 5.67. The predicted molar refractivity (Wildman–Crippen MR) is 75.1 cm³/mol. The number of amides is 1. The summed E-state index contributed by atoms with van der Waals surface area (Å²) in [5.41, 5.74) is 6.86. The molecule has 2 N–H and O–H groups in total. The van der Waals surface area contributed by atoms with Crippen molar-refractivity contribution in [1.82, 2.24) is 4.90 Å². The Labute approximate surface area is 114 Å². The zero-order valence-electron chi connectivity index (χ0n) is 12.1. The zero-order valence-corrected chi connectivity index (χ0v) is 12.1. The fourth-order valence-electron chi connectivity index (χ4n) is 2.86. The van der Waals surface area contributed by atoms with E-state index in [1.54, 1.807) is 0 Å². The van der Waals surface area contributed by atoms with E-state index in [4.69, 9.17) is 10.2 Å². The summed E-state index contributed by atoms with van der Waals surface area (Å²) >= 11 is 0. The molecule has 19 heavy (non-hydrogen) atoms. The highest BCUT2D eigenvalue weighted by molar-refractivity contribution is 5.92. The maximum atomic E-state index is 12.5. The van der Waals surface area contributed by atoms with Crippen LogP contribution in [0.15, 0.2) is 10.5 Å². The van der Waals surface area contributed by atoms with Crippen LogP contribution in [0.2, 0.25) is 0 Å². The van der Waals surface area contributed by atoms with Crippen molar-refractivity contribution in [2.45, 2.75) is 46.1 Å². The van der Waals surface area contributed by atoms with Gasteiger partial charge in [-0.1, -0.05) is 13.8 Å². The van der Waals surface area contributed by atoms with Gasteiger partial charge in [-0.2, -0.15) is 0 Å². The van der Waals surface area contributed by atoms with Gasteiger partial charge in [0.25, 0.3) is 5.91 Å². The van der Waals surface area contributed by atoms with Crippen LogP contribution in [0.5, 0.6) is 0 Å². The lowest BCUT2D eigenvalue weighted by Crippen LogP contribution is -2.49. The first-order chi connectivity index (χ1) is 9.06. The van der Waals surface area contributed by atoms with Crippen LogP contribution in [0.4, 0.5) is 0 Å². The molecule has 2 unspecified atom stereocenters. The van der Waals surface area contributed by atoms with Gasteiger partial charge in [-0.05, 0) is 37.3 Å². The van der Waals surface area contributed by atoms with E-state index in [2.05, 4.69) is 6.92 Å². The van der Waals surface area contributed by atoms with Crippen LogP contribution in [0, 0.1) is 12.8 Å². The van der Waals surface area contributed by atoms with E-state index < -0.39 is 0 Å². The monoisotopic (exact) mass is 264 g/mol. The van der Waals surface area contributed by atoms with Crippen LogP contribution in [0.1, 0.15) is 48.6 Å². The van der Waals surface area contributed by atoms with Crippen LogP contribution in [0.3, 0.4) is 0 Å². The molecular formula is C15H24N2O2. The molecule has 0 radical (unpaired) electrons. The molecule has 0 saturated carbocycles. The molecule has 0 aliphatic carbocycles. The van der Waals surface area contributed by atoms with Gasteiger partial charge in [0.05, 0.1) is 0 Å². The molecule has 1 aromatic heterocycles. The van der Waals surface area contributed by atoms with Gasteiger partial charge >= 0.3 is 0 Å². The van der Waals surface area contributed by atoms with Crippen LogP contribution < -0.4 is 5.73 Å². The SMILES string of the molecule is CCc1oc(C(=O)N2CCC(C)CC2CN)cc1C. The summed E-state index contributed by atoms with van der Waals surface area (Å²) in [6.07, 6.45) is 2.85. The number of piperidine rings is 1. The molecule has 4 heteroatoms. The summed E-state index contributed by atoms with van der Waals surface area (Å²) in [4.78, 5) is 14.4. The van der Waals surface area contributed by atoms with Crippen molar-refractivity contribution in [3.63, 3.8) is 0 Å². The number of hydrogen-bond donors (Lipinski definition) is 1. The molecule has 1 aromatic rings. The van der Waals surface area contributed by atoms with Gasteiger partial charge < -0.3 is 15.1 Å². The molecule has 2 rings (SSSR count). The van der Waals surface area contributed by atoms with Gasteiger partial charge in [0, 0.05) is 25.6 Å². The number of likely N-dealkylation sites (tertiary alicyclic amines) is 1. The van der Waals surface area contributed by atoms with E-state index in [1.165, 1.54) is 0 Å². The highest BCUT2D eigenvalue weighted by atomic mass is 16.4. The number of aryl methyl sites for hydroxylation is 2. The van der Waals surface area contributed by atoms with E-state index >= 15 is 0 Å². The highest BCUT2D eigenvalue weighted by Crippen LogP contribution is 2.25. The smallest absolute Gasteiger partial charge is 0.289 e. The summed E-state index contributed by atoms with van der Waals surface area (Å²) in [7, 11) is 0. The maximum Gasteiger partial charge on any atom is 0.289 e. The van der Waals surface area contributed by atoms with Crippen LogP contribution >= 0.6 is 0 Å². The van der Waals surface area contributed by atoms with Crippen molar-refractivity contribution in [2.75, 3.05) is 13.1 Å². The number of nitrogens with zero attached hydrogens (tertiary/aromatic N) is 1. The molecule has 0 spiro atoms. The largest absolute Gasteiger partial charge is 0.456 e. The summed E-state index contributed by atoms with van der Waals surface area (Å²) in [6, 6.07) is 2.00. The quantitative estimate of drug-likeness (QED) is 0.911. The Morgan fingerprint density at radius 3 is 2.89 bits per heavy atom. The molecule has 106 valence electrons. The third kappa shape index (κ3) is 2.84. The Balaban J connectivity index is 2.17. The van der Waals surface area contributed by atoms with Crippen molar-refractivity contribution >= 4 is 5.91 Å². The van der Waals surface area contributed by atoms with Crippen molar-refractivity contribution in [3.05, 3.63) is 23.2 Å². The van der Waals surface area contributed by atoms with Gasteiger partial charge in [0.1, 0.15) is 5.76 Å². The first-order valence-corrected chi connectivity index (χ1v) is 7.17. The summed E-state index contributed by atoms with van der Waals surface area (Å²) in [6.45, 7) is 7.54. The first kappa shape index (κ1) is 14.1. The maximum absolute atomic E-state index is 12.5. The summed E-state index contributed by atoms with van der Waals surface area (Å²) in [5.74, 6) is 1.99. The van der Waals surface area contributed by atoms with Crippen molar-refractivity contribution in [1.29, 1.82) is 0 Å². The number of hydrogen-bond acceptors (Lipinski definition) is 3. The number of nitrogens with two attached hydrogens (primary N) is 1. The molecule has 0 aromatic carbocycles. The molecule has 1 fully saturated rings. The van der Waals surface area contributed by atoms with E-state index in [0.717, 1.165) is 37.1 Å². The molecule has 1 aliphatic rings. The molecule has 4 nitrogen and oxygen atoms in total. The molecule has 2 atom stereocenters. The number of rotatable bonds is 3. The van der Waals surface area contributed by atoms with E-state index in [1.807, 2.05) is 24.8 Å². The molecule has 1 saturated heterocycles. The number of carbonyl (C=O) groups is 1. The second-order valence-electron chi connectivity index (χ2n) is 5.59. The van der Waals surface area contributed by atoms with Crippen LogP contribution in [0.25, 0.3) is 0 Å². The summed E-state index contributed by atoms with van der Waals surface area (Å²) in [5, 5.41) is 0. The highest BCUT2D eigenvalue weighted by Gasteiger charge is 2.31. The molecule has 1 amide bonds. The van der Waals surface area contributed by atoms with Crippen molar-refractivity contribution in [3.8, 4) is 0 Å². The second-order valence-corrected chi connectivity index (χ2v) is 5.59. The van der Waals surface area contributed by atoms with Gasteiger partial charge in [0.2, 0.25) is 0 Å². The average Bonchev–Trinajstić information content (AvgIpc) is 2.79. The standard InChI is InChI=1S/C15H24N2O2/c1-4-13-11(3)8-14(19-13)15(18)17-6-5-10(2)7-12(17)9-16/h8,10,12H,4-7,9,16H2,1-3H3. The topological polar surface area (TPSA) is 59.5 Å². The molecular weight excluding hydrogens is 240 g/mol. The minimum atomic E-state index is -0.00912. The predicted octanol–water partition coefficient (Wildman–Crippen LogP) is 2.35. The van der Waals surface area contributed by atoms with Crippen molar-refractivity contribution < 1.29 is 9.21 Å². The number of furan rings is 1. The Morgan fingerprint density at radius 1 is 1.58 bits per heavy atom. The fraction of sp³-hybridized carbons (Fsp3) is 0.667. The minimum Gasteiger partial charge on any atom is -0.456 e. The number of carbonyl (C=O) groups excluding carboxylic acids is 1. The van der Waals surface area contributed by atoms with Gasteiger partial charge in [0.15, 0.2) is 5.76 Å². The fourth-order valence-corrected chi connectivity index (χ4v) is 2.86. The minimum absolute atomic E-state index is 0.00912. The molecule has 0 bridgehead atoms. The van der Waals surface area contributed by atoms with Gasteiger partial charge in [-0.3, -0.25) is 4.79 Å². The Kier molecular flexibility index (Phi) is 4.30. The van der Waals surface area contributed by atoms with Crippen molar-refractivity contribution in [2.24, 2.45) is 11.7 Å². The Bertz CT molecular complexity index is 453. The lowest BCUT2D eigenvalue weighted by atomic mass is 9.92. The Morgan fingerprint density at radius 2 is 2.32 bits per heavy atom. The molecule has 2 heterocycles. The van der Waals surface area contributed by atoms with Crippen LogP contribution in [-0.2, 0) is 6.42 Å². The average molecular weight is 264 g/mol. The zero-order chi connectivity index (χ0) is 14.0. The lowest BCUT2D eigenvalue weighted by molar-refractivity contribution is 0.0540. The van der Waals surface area contributed by atoms with Gasteiger partial charge in [-0.15, -0.1) is 0 Å². The lowest BCUT2D eigenvalue weighted by Gasteiger charge is -2.37. The van der Waals surface area contributed by atoms with Crippen LogP contribution in [-0.4, -0.2) is 29.9 Å². The second kappa shape index (κ2) is 5.78.